The molecule has 1 saturated carbocycles. The van der Waals surface area contributed by atoms with Crippen LogP contribution in [0.15, 0.2) is 0 Å². The maximum Gasteiger partial charge on any atom is 0.241 e. The standard InChI is InChI=1S/C12H20N4O2/c1-8-11(13)9(2)16(15-8)5-10(18)14-6-12(7-17)3-4-12/h17H,3-7,13H2,1-2H3,(H,14,18). The Bertz CT molecular complexity index is 463. The lowest BCUT2D eigenvalue weighted by Gasteiger charge is -2.13. The van der Waals surface area contributed by atoms with E-state index >= 15 is 0 Å². The van der Waals surface area contributed by atoms with E-state index in [4.69, 9.17) is 10.8 Å². The number of carbonyl (C=O) groups excluding carboxylic acids is 1. The summed E-state index contributed by atoms with van der Waals surface area (Å²) in [6, 6.07) is 0. The minimum Gasteiger partial charge on any atom is -0.396 e. The summed E-state index contributed by atoms with van der Waals surface area (Å²) in [6.45, 7) is 4.52. The number of aromatic nitrogens is 2. The van der Waals surface area contributed by atoms with Crippen molar-refractivity contribution in [3.05, 3.63) is 11.4 Å². The molecule has 0 aliphatic heterocycles. The third-order valence-electron chi connectivity index (χ3n) is 3.68. The molecule has 4 N–H and O–H groups in total. The Labute approximate surface area is 106 Å². The molecule has 1 aromatic heterocycles. The number of hydrogen-bond donors (Lipinski definition) is 3. The molecule has 6 nitrogen and oxygen atoms in total. The number of aliphatic hydroxyl groups excluding tert-OH is 1. The van der Waals surface area contributed by atoms with E-state index in [2.05, 4.69) is 10.4 Å². The summed E-state index contributed by atoms with van der Waals surface area (Å²) in [5.74, 6) is -0.0969. The van der Waals surface area contributed by atoms with E-state index in [0.29, 0.717) is 12.2 Å². The van der Waals surface area contributed by atoms with Crippen LogP contribution < -0.4 is 11.1 Å². The van der Waals surface area contributed by atoms with Gasteiger partial charge in [-0.25, -0.2) is 0 Å². The molecule has 100 valence electrons. The molecule has 0 bridgehead atoms. The molecular weight excluding hydrogens is 232 g/mol. The zero-order valence-electron chi connectivity index (χ0n) is 10.9. The van der Waals surface area contributed by atoms with Crippen LogP contribution in [0, 0.1) is 19.3 Å². The Kier molecular flexibility index (Phi) is 3.30. The molecule has 6 heteroatoms. The second kappa shape index (κ2) is 4.61. The summed E-state index contributed by atoms with van der Waals surface area (Å²) in [5, 5.41) is 16.2. The monoisotopic (exact) mass is 252 g/mol. The van der Waals surface area contributed by atoms with Gasteiger partial charge in [-0.05, 0) is 26.7 Å². The number of amides is 1. The van der Waals surface area contributed by atoms with E-state index in [1.165, 1.54) is 0 Å². The van der Waals surface area contributed by atoms with Crippen molar-refractivity contribution in [3.63, 3.8) is 0 Å². The van der Waals surface area contributed by atoms with Gasteiger partial charge >= 0.3 is 0 Å². The van der Waals surface area contributed by atoms with Crippen LogP contribution in [0.4, 0.5) is 5.69 Å². The average Bonchev–Trinajstić information content (AvgIpc) is 3.09. The van der Waals surface area contributed by atoms with Gasteiger partial charge in [-0.1, -0.05) is 0 Å². The molecule has 0 saturated heterocycles. The fraction of sp³-hybridized carbons (Fsp3) is 0.667. The number of nitrogens with zero attached hydrogens (tertiary/aromatic N) is 2. The van der Waals surface area contributed by atoms with Crippen molar-refractivity contribution in [2.24, 2.45) is 5.41 Å². The number of rotatable bonds is 5. The number of nitrogens with one attached hydrogen (secondary N) is 1. The SMILES string of the molecule is Cc1nn(CC(=O)NCC2(CO)CC2)c(C)c1N. The van der Waals surface area contributed by atoms with Crippen molar-refractivity contribution in [1.82, 2.24) is 15.1 Å². The fourth-order valence-electron chi connectivity index (χ4n) is 1.91. The van der Waals surface area contributed by atoms with Gasteiger partial charge in [0.25, 0.3) is 0 Å². The zero-order chi connectivity index (χ0) is 13.3. The Morgan fingerprint density at radius 3 is 2.67 bits per heavy atom. The molecule has 1 aliphatic rings. The maximum atomic E-state index is 11.8. The van der Waals surface area contributed by atoms with Gasteiger partial charge < -0.3 is 16.2 Å². The van der Waals surface area contributed by atoms with Crippen molar-refractivity contribution in [3.8, 4) is 0 Å². The first-order valence-electron chi connectivity index (χ1n) is 6.14. The summed E-state index contributed by atoms with van der Waals surface area (Å²) in [7, 11) is 0. The van der Waals surface area contributed by atoms with E-state index < -0.39 is 0 Å². The first kappa shape index (κ1) is 12.9. The number of aliphatic hydroxyl groups is 1. The van der Waals surface area contributed by atoms with Crippen LogP contribution >= 0.6 is 0 Å². The minimum atomic E-state index is -0.0969. The molecule has 1 heterocycles. The van der Waals surface area contributed by atoms with E-state index in [1.54, 1.807) is 4.68 Å². The van der Waals surface area contributed by atoms with E-state index in [-0.39, 0.29) is 24.5 Å². The zero-order valence-corrected chi connectivity index (χ0v) is 10.9. The molecular formula is C12H20N4O2. The van der Waals surface area contributed by atoms with Gasteiger partial charge in [0.1, 0.15) is 6.54 Å². The molecule has 0 aromatic carbocycles. The van der Waals surface area contributed by atoms with Crippen LogP contribution in [0.25, 0.3) is 0 Å². The van der Waals surface area contributed by atoms with Gasteiger partial charge in [0.2, 0.25) is 5.91 Å². The quantitative estimate of drug-likeness (QED) is 0.686. The van der Waals surface area contributed by atoms with Crippen LogP contribution in [-0.2, 0) is 11.3 Å². The Morgan fingerprint density at radius 1 is 1.56 bits per heavy atom. The van der Waals surface area contributed by atoms with Crippen LogP contribution in [0.5, 0.6) is 0 Å². The highest BCUT2D eigenvalue weighted by atomic mass is 16.3. The summed E-state index contributed by atoms with van der Waals surface area (Å²) < 4.78 is 1.61. The second-order valence-corrected chi connectivity index (χ2v) is 5.18. The van der Waals surface area contributed by atoms with Crippen LogP contribution in [0.1, 0.15) is 24.2 Å². The predicted octanol–water partition coefficient (Wildman–Crippen LogP) is -0.0292. The Balaban J connectivity index is 1.89. The molecule has 1 aliphatic carbocycles. The highest BCUT2D eigenvalue weighted by Crippen LogP contribution is 2.44. The van der Waals surface area contributed by atoms with Crippen LogP contribution in [0.2, 0.25) is 0 Å². The minimum absolute atomic E-state index is 0.0657. The van der Waals surface area contributed by atoms with Gasteiger partial charge in [0, 0.05) is 12.0 Å². The Morgan fingerprint density at radius 2 is 2.22 bits per heavy atom. The van der Waals surface area contributed by atoms with Crippen molar-refractivity contribution < 1.29 is 9.90 Å². The molecule has 1 amide bonds. The molecule has 0 atom stereocenters. The third kappa shape index (κ3) is 2.48. The number of aryl methyl sites for hydroxylation is 1. The number of anilines is 1. The topological polar surface area (TPSA) is 93.2 Å². The highest BCUT2D eigenvalue weighted by Gasteiger charge is 2.42. The predicted molar refractivity (Wildman–Crippen MR) is 67.9 cm³/mol. The highest BCUT2D eigenvalue weighted by molar-refractivity contribution is 5.76. The average molecular weight is 252 g/mol. The molecule has 2 rings (SSSR count). The largest absolute Gasteiger partial charge is 0.396 e. The summed E-state index contributed by atoms with van der Waals surface area (Å²) >= 11 is 0. The van der Waals surface area contributed by atoms with E-state index in [1.807, 2.05) is 13.8 Å². The summed E-state index contributed by atoms with van der Waals surface area (Å²) in [6.07, 6.45) is 1.97. The van der Waals surface area contributed by atoms with E-state index in [9.17, 15) is 4.79 Å². The maximum absolute atomic E-state index is 11.8. The van der Waals surface area contributed by atoms with Crippen molar-refractivity contribution >= 4 is 11.6 Å². The number of nitrogens with two attached hydrogens (primary N) is 1. The van der Waals surface area contributed by atoms with Crippen molar-refractivity contribution in [1.29, 1.82) is 0 Å². The first-order valence-corrected chi connectivity index (χ1v) is 6.14. The lowest BCUT2D eigenvalue weighted by atomic mass is 10.1. The molecule has 1 fully saturated rings. The second-order valence-electron chi connectivity index (χ2n) is 5.18. The van der Waals surface area contributed by atoms with Crippen LogP contribution in [0.3, 0.4) is 0 Å². The lowest BCUT2D eigenvalue weighted by molar-refractivity contribution is -0.122. The van der Waals surface area contributed by atoms with Gasteiger partial charge in [0.15, 0.2) is 0 Å². The fourth-order valence-corrected chi connectivity index (χ4v) is 1.91. The number of nitrogen functional groups attached to an aromatic ring is 1. The van der Waals surface area contributed by atoms with Gasteiger partial charge in [-0.3, -0.25) is 9.48 Å². The van der Waals surface area contributed by atoms with E-state index in [0.717, 1.165) is 24.2 Å². The molecule has 0 unspecified atom stereocenters. The van der Waals surface area contributed by atoms with Crippen molar-refractivity contribution in [2.45, 2.75) is 33.2 Å². The summed E-state index contributed by atoms with van der Waals surface area (Å²) in [5.41, 5.74) is 7.93. The molecule has 0 spiro atoms. The Hall–Kier alpha value is -1.56. The first-order chi connectivity index (χ1) is 8.47. The molecule has 1 aromatic rings. The molecule has 18 heavy (non-hydrogen) atoms. The van der Waals surface area contributed by atoms with Gasteiger partial charge in [0.05, 0.1) is 23.7 Å². The van der Waals surface area contributed by atoms with Gasteiger partial charge in [-0.15, -0.1) is 0 Å². The smallest absolute Gasteiger partial charge is 0.241 e. The van der Waals surface area contributed by atoms with Crippen LogP contribution in [-0.4, -0.2) is 33.9 Å². The van der Waals surface area contributed by atoms with Gasteiger partial charge in [-0.2, -0.15) is 5.10 Å². The lowest BCUT2D eigenvalue weighted by Crippen LogP contribution is -2.34. The number of hydrogen-bond acceptors (Lipinski definition) is 4. The number of carbonyl (C=O) groups is 1. The summed E-state index contributed by atoms with van der Waals surface area (Å²) in [4.78, 5) is 11.8. The third-order valence-corrected chi connectivity index (χ3v) is 3.68. The van der Waals surface area contributed by atoms with Crippen molar-refractivity contribution in [2.75, 3.05) is 18.9 Å². The normalized spacial score (nSPS) is 16.6. The molecule has 0 radical (unpaired) electrons.